The van der Waals surface area contributed by atoms with Crippen LogP contribution in [0.2, 0.25) is 0 Å². The largest absolute Gasteiger partial charge is 0.497 e. The van der Waals surface area contributed by atoms with Gasteiger partial charge in [0.25, 0.3) is 0 Å². The van der Waals surface area contributed by atoms with Gasteiger partial charge in [-0.1, -0.05) is 0 Å². The third-order valence-corrected chi connectivity index (χ3v) is 4.71. The Bertz CT molecular complexity index is 510. The molecule has 2 aliphatic heterocycles. The molecule has 114 valence electrons. The Balaban J connectivity index is 1.59. The molecule has 1 fully saturated rings. The lowest BCUT2D eigenvalue weighted by molar-refractivity contribution is -0.118. The van der Waals surface area contributed by atoms with E-state index in [0.29, 0.717) is 12.3 Å². The summed E-state index contributed by atoms with van der Waals surface area (Å²) in [5.41, 5.74) is 2.30. The van der Waals surface area contributed by atoms with Crippen LogP contribution in [0.1, 0.15) is 31.2 Å². The second kappa shape index (κ2) is 6.48. The van der Waals surface area contributed by atoms with Gasteiger partial charge in [0.15, 0.2) is 0 Å². The van der Waals surface area contributed by atoms with Crippen molar-refractivity contribution in [1.29, 1.82) is 0 Å². The number of methoxy groups -OCH3 is 1. The molecule has 1 saturated heterocycles. The minimum atomic E-state index is 0.275. The molecule has 0 unspecified atom stereocenters. The van der Waals surface area contributed by atoms with Crippen molar-refractivity contribution >= 4 is 11.6 Å². The van der Waals surface area contributed by atoms with Gasteiger partial charge in [0, 0.05) is 18.7 Å². The highest BCUT2D eigenvalue weighted by Gasteiger charge is 2.25. The van der Waals surface area contributed by atoms with E-state index in [9.17, 15) is 4.79 Å². The molecule has 0 bridgehead atoms. The number of anilines is 1. The Morgan fingerprint density at radius 1 is 1.38 bits per heavy atom. The molecule has 1 amide bonds. The molecule has 1 aromatic carbocycles. The summed E-state index contributed by atoms with van der Waals surface area (Å²) in [6.45, 7) is 3.02. The molecule has 3 rings (SSSR count). The molecular formula is C17H24N2O2. The lowest BCUT2D eigenvalue weighted by Gasteiger charge is -2.23. The van der Waals surface area contributed by atoms with Crippen molar-refractivity contribution in [3.8, 4) is 5.75 Å². The minimum absolute atomic E-state index is 0.275. The predicted octanol–water partition coefficient (Wildman–Crippen LogP) is 2.36. The lowest BCUT2D eigenvalue weighted by atomic mass is 9.93. The van der Waals surface area contributed by atoms with Gasteiger partial charge in [0.05, 0.1) is 7.11 Å². The molecule has 0 saturated carbocycles. The molecule has 0 aliphatic carbocycles. The van der Waals surface area contributed by atoms with Gasteiger partial charge >= 0.3 is 0 Å². The molecule has 2 heterocycles. The van der Waals surface area contributed by atoms with Gasteiger partial charge in [0.2, 0.25) is 5.91 Å². The topological polar surface area (TPSA) is 41.6 Å². The second-order valence-corrected chi connectivity index (χ2v) is 6.02. The van der Waals surface area contributed by atoms with E-state index >= 15 is 0 Å². The highest BCUT2D eigenvalue weighted by molar-refractivity contribution is 5.95. The minimum Gasteiger partial charge on any atom is -0.497 e. The van der Waals surface area contributed by atoms with Crippen LogP contribution in [0.4, 0.5) is 5.69 Å². The van der Waals surface area contributed by atoms with Crippen molar-refractivity contribution in [3.63, 3.8) is 0 Å². The summed E-state index contributed by atoms with van der Waals surface area (Å²) in [6.07, 6.45) is 5.06. The van der Waals surface area contributed by atoms with Crippen LogP contribution < -0.4 is 15.0 Å². The summed E-state index contributed by atoms with van der Waals surface area (Å²) in [5, 5.41) is 3.37. The number of rotatable bonds is 4. The van der Waals surface area contributed by atoms with E-state index in [1.165, 1.54) is 18.4 Å². The van der Waals surface area contributed by atoms with E-state index in [1.54, 1.807) is 7.11 Å². The first-order valence-corrected chi connectivity index (χ1v) is 7.96. The van der Waals surface area contributed by atoms with Crippen LogP contribution >= 0.6 is 0 Å². The highest BCUT2D eigenvalue weighted by Crippen LogP contribution is 2.32. The first-order chi connectivity index (χ1) is 10.3. The smallest absolute Gasteiger partial charge is 0.227 e. The molecule has 4 heteroatoms. The van der Waals surface area contributed by atoms with Gasteiger partial charge in [0.1, 0.15) is 5.75 Å². The average Bonchev–Trinajstić information content (AvgIpc) is 2.96. The first-order valence-electron chi connectivity index (χ1n) is 7.96. The Morgan fingerprint density at radius 3 is 2.95 bits per heavy atom. The fourth-order valence-corrected chi connectivity index (χ4v) is 3.40. The van der Waals surface area contributed by atoms with Gasteiger partial charge in [-0.25, -0.2) is 0 Å². The zero-order chi connectivity index (χ0) is 14.7. The monoisotopic (exact) mass is 288 g/mol. The van der Waals surface area contributed by atoms with Crippen molar-refractivity contribution in [2.75, 3.05) is 31.6 Å². The van der Waals surface area contributed by atoms with Crippen molar-refractivity contribution in [2.24, 2.45) is 5.92 Å². The van der Waals surface area contributed by atoms with Crippen LogP contribution in [0.25, 0.3) is 0 Å². The Hall–Kier alpha value is -1.55. The second-order valence-electron chi connectivity index (χ2n) is 6.02. The van der Waals surface area contributed by atoms with Gasteiger partial charge in [-0.05, 0) is 68.5 Å². The number of carbonyl (C=O) groups excluding carboxylic acids is 1. The number of hydrogen-bond acceptors (Lipinski definition) is 3. The zero-order valence-corrected chi connectivity index (χ0v) is 12.7. The van der Waals surface area contributed by atoms with E-state index in [2.05, 4.69) is 11.4 Å². The SMILES string of the molecule is COc1ccc2c(c1)CCN2C(=O)CCC1CCNCC1. The molecule has 2 aliphatic rings. The number of nitrogens with one attached hydrogen (secondary N) is 1. The summed E-state index contributed by atoms with van der Waals surface area (Å²) in [4.78, 5) is 14.4. The van der Waals surface area contributed by atoms with Crippen LogP contribution in [0.15, 0.2) is 18.2 Å². The molecule has 21 heavy (non-hydrogen) atoms. The summed E-state index contributed by atoms with van der Waals surface area (Å²) >= 11 is 0. The maximum atomic E-state index is 12.5. The van der Waals surface area contributed by atoms with Gasteiger partial charge < -0.3 is 15.0 Å². The number of hydrogen-bond donors (Lipinski definition) is 1. The fraction of sp³-hybridized carbons (Fsp3) is 0.588. The zero-order valence-electron chi connectivity index (χ0n) is 12.7. The number of fused-ring (bicyclic) bond motifs is 1. The van der Waals surface area contributed by atoms with Crippen LogP contribution in [0.5, 0.6) is 5.75 Å². The van der Waals surface area contributed by atoms with Crippen LogP contribution in [-0.2, 0) is 11.2 Å². The predicted molar refractivity (Wildman–Crippen MR) is 83.9 cm³/mol. The third kappa shape index (κ3) is 3.21. The maximum Gasteiger partial charge on any atom is 0.227 e. The number of ether oxygens (including phenoxy) is 1. The van der Waals surface area contributed by atoms with Crippen molar-refractivity contribution in [1.82, 2.24) is 5.32 Å². The molecule has 0 spiro atoms. The Kier molecular flexibility index (Phi) is 4.44. The normalized spacial score (nSPS) is 18.6. The van der Waals surface area contributed by atoms with Gasteiger partial charge in [-0.2, -0.15) is 0 Å². The molecule has 4 nitrogen and oxygen atoms in total. The van der Waals surface area contributed by atoms with Crippen LogP contribution in [0, 0.1) is 5.92 Å². The summed E-state index contributed by atoms with van der Waals surface area (Å²) in [5.74, 6) is 1.86. The Morgan fingerprint density at radius 2 is 2.19 bits per heavy atom. The summed E-state index contributed by atoms with van der Waals surface area (Å²) < 4.78 is 5.25. The van der Waals surface area contributed by atoms with Crippen molar-refractivity contribution in [2.45, 2.75) is 32.1 Å². The number of nitrogens with zero attached hydrogens (tertiary/aromatic N) is 1. The first kappa shape index (κ1) is 14.4. The maximum absolute atomic E-state index is 12.5. The van der Waals surface area contributed by atoms with Gasteiger partial charge in [-0.3, -0.25) is 4.79 Å². The van der Waals surface area contributed by atoms with Gasteiger partial charge in [-0.15, -0.1) is 0 Å². The molecule has 1 N–H and O–H groups in total. The molecular weight excluding hydrogens is 264 g/mol. The molecule has 0 atom stereocenters. The van der Waals surface area contributed by atoms with Crippen molar-refractivity contribution in [3.05, 3.63) is 23.8 Å². The summed E-state index contributed by atoms with van der Waals surface area (Å²) in [7, 11) is 1.68. The van der Waals surface area contributed by atoms with Crippen LogP contribution in [0.3, 0.4) is 0 Å². The number of carbonyl (C=O) groups is 1. The quantitative estimate of drug-likeness (QED) is 0.925. The van der Waals surface area contributed by atoms with Crippen LogP contribution in [-0.4, -0.2) is 32.7 Å². The lowest BCUT2D eigenvalue weighted by Crippen LogP contribution is -2.31. The average molecular weight is 288 g/mol. The van der Waals surface area contributed by atoms with E-state index < -0.39 is 0 Å². The molecule has 0 aromatic heterocycles. The molecule has 0 radical (unpaired) electrons. The van der Waals surface area contributed by atoms with E-state index in [0.717, 1.165) is 43.9 Å². The number of benzene rings is 1. The van der Waals surface area contributed by atoms with Crippen molar-refractivity contribution < 1.29 is 9.53 Å². The highest BCUT2D eigenvalue weighted by atomic mass is 16.5. The molecule has 1 aromatic rings. The third-order valence-electron chi connectivity index (χ3n) is 4.71. The van der Waals surface area contributed by atoms with E-state index in [1.807, 2.05) is 17.0 Å². The Labute approximate surface area is 126 Å². The standard InChI is InChI=1S/C17H24N2O2/c1-21-15-3-4-16-14(12-15)8-11-19(16)17(20)5-2-13-6-9-18-10-7-13/h3-4,12-13,18H,2,5-11H2,1H3. The van der Waals surface area contributed by atoms with E-state index in [-0.39, 0.29) is 5.91 Å². The summed E-state index contributed by atoms with van der Waals surface area (Å²) in [6, 6.07) is 6.01. The van der Waals surface area contributed by atoms with E-state index in [4.69, 9.17) is 4.74 Å². The number of piperidine rings is 1. The fourth-order valence-electron chi connectivity index (χ4n) is 3.40. The number of amides is 1.